The molecule has 0 aliphatic carbocycles. The predicted molar refractivity (Wildman–Crippen MR) is 102 cm³/mol. The molecule has 0 aliphatic heterocycles. The summed E-state index contributed by atoms with van der Waals surface area (Å²) in [5, 5.41) is 2.19. The first kappa shape index (κ1) is 21.9. The highest BCUT2D eigenvalue weighted by Crippen LogP contribution is 2.17. The van der Waals surface area contributed by atoms with Gasteiger partial charge in [0.1, 0.15) is 0 Å². The molecule has 2 aromatic rings. The van der Waals surface area contributed by atoms with Crippen molar-refractivity contribution < 1.29 is 32.2 Å². The maximum atomic E-state index is 12.4. The molecular formula is C17H20N4O7S. The van der Waals surface area contributed by atoms with Gasteiger partial charge in [-0.25, -0.2) is 22.7 Å². The van der Waals surface area contributed by atoms with Crippen molar-refractivity contribution in [3.8, 4) is 11.8 Å². The van der Waals surface area contributed by atoms with E-state index in [0.717, 1.165) is 0 Å². The zero-order chi connectivity index (χ0) is 21.4. The van der Waals surface area contributed by atoms with Gasteiger partial charge in [0.05, 0.1) is 38.2 Å². The second-order valence-corrected chi connectivity index (χ2v) is 7.19. The number of benzene rings is 1. The van der Waals surface area contributed by atoms with Crippen molar-refractivity contribution in [3.05, 3.63) is 41.5 Å². The van der Waals surface area contributed by atoms with Crippen LogP contribution < -0.4 is 19.5 Å². The molecule has 29 heavy (non-hydrogen) atoms. The Balaban J connectivity index is 2.12. The van der Waals surface area contributed by atoms with Crippen molar-refractivity contribution in [3.63, 3.8) is 0 Å². The summed E-state index contributed by atoms with van der Waals surface area (Å²) in [5.41, 5.74) is 0.284. The van der Waals surface area contributed by atoms with Crippen molar-refractivity contribution in [1.82, 2.24) is 14.7 Å². The van der Waals surface area contributed by atoms with Crippen LogP contribution in [0.15, 0.2) is 30.3 Å². The predicted octanol–water partition coefficient (Wildman–Crippen LogP) is 1.32. The van der Waals surface area contributed by atoms with Gasteiger partial charge >= 0.3 is 12.0 Å². The van der Waals surface area contributed by atoms with Crippen LogP contribution in [0.3, 0.4) is 0 Å². The SMILES string of the molecule is CCOC(=O)c1ccccc1CS(=O)(=O)NC(=O)Nc1nc(OC)cc(OC)n1. The van der Waals surface area contributed by atoms with Crippen molar-refractivity contribution in [1.29, 1.82) is 0 Å². The first-order valence-electron chi connectivity index (χ1n) is 8.31. The van der Waals surface area contributed by atoms with E-state index in [9.17, 15) is 18.0 Å². The number of ether oxygens (including phenoxy) is 3. The van der Waals surface area contributed by atoms with E-state index in [2.05, 4.69) is 15.3 Å². The van der Waals surface area contributed by atoms with Crippen LogP contribution in [0.1, 0.15) is 22.8 Å². The van der Waals surface area contributed by atoms with E-state index in [1.54, 1.807) is 19.1 Å². The van der Waals surface area contributed by atoms with E-state index in [0.29, 0.717) is 0 Å². The Morgan fingerprint density at radius 1 is 1.07 bits per heavy atom. The Kier molecular flexibility index (Phi) is 7.31. The fraction of sp³-hybridized carbons (Fsp3) is 0.294. The lowest BCUT2D eigenvalue weighted by Crippen LogP contribution is -2.36. The highest BCUT2D eigenvalue weighted by atomic mass is 32.2. The Morgan fingerprint density at radius 2 is 1.69 bits per heavy atom. The maximum absolute atomic E-state index is 12.4. The number of nitrogens with one attached hydrogen (secondary N) is 2. The molecule has 2 rings (SSSR count). The minimum atomic E-state index is -4.14. The number of hydrogen-bond acceptors (Lipinski definition) is 9. The topological polar surface area (TPSA) is 146 Å². The molecule has 1 heterocycles. The third-order valence-electron chi connectivity index (χ3n) is 3.43. The summed E-state index contributed by atoms with van der Waals surface area (Å²) in [7, 11) is -1.43. The van der Waals surface area contributed by atoms with E-state index >= 15 is 0 Å². The van der Waals surface area contributed by atoms with E-state index in [1.165, 1.54) is 32.4 Å². The number of esters is 1. The van der Waals surface area contributed by atoms with Crippen molar-refractivity contribution >= 4 is 28.0 Å². The average Bonchev–Trinajstić information content (AvgIpc) is 2.67. The van der Waals surface area contributed by atoms with Gasteiger partial charge in [0, 0.05) is 0 Å². The maximum Gasteiger partial charge on any atom is 0.338 e. The Labute approximate surface area is 167 Å². The number of methoxy groups -OCH3 is 2. The fourth-order valence-corrected chi connectivity index (χ4v) is 3.30. The monoisotopic (exact) mass is 424 g/mol. The minimum Gasteiger partial charge on any atom is -0.481 e. The number of sulfonamides is 1. The summed E-state index contributed by atoms with van der Waals surface area (Å²) in [6.45, 7) is 1.78. The van der Waals surface area contributed by atoms with E-state index in [1.807, 2.05) is 4.72 Å². The fourth-order valence-electron chi connectivity index (χ4n) is 2.23. The van der Waals surface area contributed by atoms with E-state index in [-0.39, 0.29) is 35.4 Å². The van der Waals surface area contributed by atoms with Crippen LogP contribution in [0, 0.1) is 0 Å². The zero-order valence-electron chi connectivity index (χ0n) is 16.0. The largest absolute Gasteiger partial charge is 0.481 e. The summed E-state index contributed by atoms with van der Waals surface area (Å²) in [4.78, 5) is 31.8. The summed E-state index contributed by atoms with van der Waals surface area (Å²) in [6.07, 6.45) is 0. The van der Waals surface area contributed by atoms with Crippen molar-refractivity contribution in [2.45, 2.75) is 12.7 Å². The summed E-state index contributed by atoms with van der Waals surface area (Å²) < 4.78 is 41.4. The molecule has 0 aliphatic rings. The Hall–Kier alpha value is -3.41. The number of aromatic nitrogens is 2. The van der Waals surface area contributed by atoms with Crippen molar-refractivity contribution in [2.24, 2.45) is 0 Å². The first-order valence-corrected chi connectivity index (χ1v) is 9.96. The van der Waals surface area contributed by atoms with Gasteiger partial charge in [0.15, 0.2) is 0 Å². The molecule has 156 valence electrons. The number of rotatable bonds is 8. The van der Waals surface area contributed by atoms with E-state index in [4.69, 9.17) is 14.2 Å². The van der Waals surface area contributed by atoms with Crippen LogP contribution in [-0.2, 0) is 20.5 Å². The second kappa shape index (κ2) is 9.68. The average molecular weight is 424 g/mol. The van der Waals surface area contributed by atoms with E-state index < -0.39 is 27.8 Å². The Morgan fingerprint density at radius 3 is 2.28 bits per heavy atom. The molecule has 0 unspecified atom stereocenters. The van der Waals surface area contributed by atoms with Gasteiger partial charge in [-0.2, -0.15) is 9.97 Å². The third kappa shape index (κ3) is 6.31. The van der Waals surface area contributed by atoms with Gasteiger partial charge in [-0.1, -0.05) is 18.2 Å². The van der Waals surface area contributed by atoms with Crippen LogP contribution in [-0.4, -0.2) is 51.2 Å². The molecule has 0 spiro atoms. The molecule has 0 saturated heterocycles. The first-order chi connectivity index (χ1) is 13.8. The molecule has 0 saturated carbocycles. The number of anilines is 1. The van der Waals surface area contributed by atoms with Crippen molar-refractivity contribution in [2.75, 3.05) is 26.1 Å². The lowest BCUT2D eigenvalue weighted by molar-refractivity contribution is 0.0525. The highest BCUT2D eigenvalue weighted by molar-refractivity contribution is 7.89. The van der Waals surface area contributed by atoms with Crippen LogP contribution in [0.2, 0.25) is 0 Å². The van der Waals surface area contributed by atoms with Gasteiger partial charge in [-0.05, 0) is 18.6 Å². The second-order valence-electron chi connectivity index (χ2n) is 5.47. The summed E-state index contributed by atoms with van der Waals surface area (Å²) >= 11 is 0. The van der Waals surface area contributed by atoms with Gasteiger partial charge in [0.2, 0.25) is 27.7 Å². The lowest BCUT2D eigenvalue weighted by Gasteiger charge is -2.11. The molecular weight excluding hydrogens is 404 g/mol. The van der Waals surface area contributed by atoms with Gasteiger partial charge < -0.3 is 14.2 Å². The third-order valence-corrected chi connectivity index (χ3v) is 4.62. The molecule has 2 N–H and O–H groups in total. The number of carbonyl (C=O) groups excluding carboxylic acids is 2. The summed E-state index contributed by atoms with van der Waals surface area (Å²) in [5.74, 6) is -1.27. The molecule has 0 fully saturated rings. The smallest absolute Gasteiger partial charge is 0.338 e. The molecule has 0 radical (unpaired) electrons. The lowest BCUT2D eigenvalue weighted by atomic mass is 10.1. The minimum absolute atomic E-state index is 0.0981. The number of hydrogen-bond donors (Lipinski definition) is 2. The van der Waals surface area contributed by atoms with Gasteiger partial charge in [-0.3, -0.25) is 5.32 Å². The van der Waals surface area contributed by atoms with Gasteiger partial charge in [-0.15, -0.1) is 0 Å². The number of carbonyl (C=O) groups is 2. The van der Waals surface area contributed by atoms with Crippen LogP contribution in [0.25, 0.3) is 0 Å². The van der Waals surface area contributed by atoms with Crippen LogP contribution >= 0.6 is 0 Å². The molecule has 12 heteroatoms. The zero-order valence-corrected chi connectivity index (χ0v) is 16.8. The van der Waals surface area contributed by atoms with Gasteiger partial charge in [0.25, 0.3) is 0 Å². The molecule has 0 bridgehead atoms. The normalized spacial score (nSPS) is 10.7. The van der Waals surface area contributed by atoms with Crippen LogP contribution in [0.4, 0.5) is 10.7 Å². The standard InChI is InChI=1S/C17H20N4O7S/c1-4-28-15(22)12-8-6-5-7-11(12)10-29(24,25)21-17(23)20-16-18-13(26-2)9-14(19-16)27-3/h5-9H,4,10H2,1-3H3,(H2,18,19,20,21,23). The quantitative estimate of drug-likeness (QED) is 0.599. The number of nitrogens with zero attached hydrogens (tertiary/aromatic N) is 2. The van der Waals surface area contributed by atoms with Crippen LogP contribution in [0.5, 0.6) is 11.8 Å². The number of urea groups is 1. The molecule has 0 atom stereocenters. The highest BCUT2D eigenvalue weighted by Gasteiger charge is 2.21. The molecule has 11 nitrogen and oxygen atoms in total. The molecule has 1 aromatic carbocycles. The number of amides is 2. The molecule has 1 aromatic heterocycles. The molecule has 2 amide bonds. The Bertz CT molecular complexity index is 973. The summed E-state index contributed by atoms with van der Waals surface area (Å²) in [6, 6.07) is 6.35.